The third-order valence-electron chi connectivity index (χ3n) is 2.98. The maximum Gasteiger partial charge on any atom is 0.258 e. The zero-order valence-corrected chi connectivity index (χ0v) is 13.8. The predicted molar refractivity (Wildman–Crippen MR) is 88.5 cm³/mol. The van der Waals surface area contributed by atoms with Gasteiger partial charge in [-0.15, -0.1) is 0 Å². The SMILES string of the molecule is O=C1Nc2ncccc2C1(Br)Br.c1cnc2[nH]ccc2c1. The largest absolute Gasteiger partial charge is 0.346 e. The van der Waals surface area contributed by atoms with Gasteiger partial charge in [0.15, 0.2) is 3.23 Å². The summed E-state index contributed by atoms with van der Waals surface area (Å²) < 4.78 is -0.802. The number of alkyl halides is 2. The molecule has 1 aliphatic rings. The Bertz CT molecular complexity index is 770. The van der Waals surface area contributed by atoms with Gasteiger partial charge in [-0.1, -0.05) is 37.9 Å². The van der Waals surface area contributed by atoms with Gasteiger partial charge < -0.3 is 10.3 Å². The number of H-pyrrole nitrogens is 1. The van der Waals surface area contributed by atoms with Gasteiger partial charge in [-0.2, -0.15) is 0 Å². The first-order chi connectivity index (χ1) is 10.1. The van der Waals surface area contributed by atoms with Gasteiger partial charge in [0.1, 0.15) is 11.5 Å². The number of hydrogen-bond acceptors (Lipinski definition) is 3. The molecule has 21 heavy (non-hydrogen) atoms. The molecule has 0 saturated heterocycles. The summed E-state index contributed by atoms with van der Waals surface area (Å²) in [6, 6.07) is 9.58. The predicted octanol–water partition coefficient (Wildman–Crippen LogP) is 3.54. The minimum Gasteiger partial charge on any atom is -0.346 e. The van der Waals surface area contributed by atoms with Crippen LogP contribution in [0.3, 0.4) is 0 Å². The molecule has 1 aliphatic heterocycles. The van der Waals surface area contributed by atoms with Crippen LogP contribution in [0.5, 0.6) is 0 Å². The van der Waals surface area contributed by atoms with Crippen LogP contribution < -0.4 is 5.32 Å². The number of hydrogen-bond donors (Lipinski definition) is 2. The van der Waals surface area contributed by atoms with Crippen molar-refractivity contribution in [2.45, 2.75) is 3.23 Å². The highest BCUT2D eigenvalue weighted by Crippen LogP contribution is 2.46. The summed E-state index contributed by atoms with van der Waals surface area (Å²) in [6.07, 6.45) is 5.30. The number of carbonyl (C=O) groups is 1. The van der Waals surface area contributed by atoms with Crippen molar-refractivity contribution < 1.29 is 4.79 Å². The minimum atomic E-state index is -0.802. The second kappa shape index (κ2) is 5.57. The van der Waals surface area contributed by atoms with Crippen molar-refractivity contribution >= 4 is 54.6 Å². The van der Waals surface area contributed by atoms with Crippen molar-refractivity contribution in [1.82, 2.24) is 15.0 Å². The Morgan fingerprint density at radius 3 is 2.57 bits per heavy atom. The number of rotatable bonds is 0. The smallest absolute Gasteiger partial charge is 0.258 e. The average molecular weight is 410 g/mol. The van der Waals surface area contributed by atoms with Crippen LogP contribution in [-0.4, -0.2) is 20.9 Å². The van der Waals surface area contributed by atoms with Crippen molar-refractivity contribution in [3.05, 3.63) is 54.5 Å². The second-order valence-corrected chi connectivity index (χ2v) is 7.79. The molecular weight excluding hydrogens is 400 g/mol. The fourth-order valence-corrected chi connectivity index (χ4v) is 2.79. The first kappa shape index (κ1) is 14.2. The Balaban J connectivity index is 0.000000131. The molecule has 0 fully saturated rings. The van der Waals surface area contributed by atoms with Crippen LogP contribution in [0.1, 0.15) is 5.56 Å². The molecule has 0 bridgehead atoms. The zero-order valence-electron chi connectivity index (χ0n) is 10.7. The molecule has 3 aromatic heterocycles. The number of nitrogens with one attached hydrogen (secondary N) is 2. The van der Waals surface area contributed by atoms with E-state index in [4.69, 9.17) is 0 Å². The summed E-state index contributed by atoms with van der Waals surface area (Å²) >= 11 is 6.54. The first-order valence-corrected chi connectivity index (χ1v) is 7.70. The summed E-state index contributed by atoms with van der Waals surface area (Å²) in [5.74, 6) is 0.465. The number of pyridine rings is 2. The van der Waals surface area contributed by atoms with E-state index in [2.05, 4.69) is 52.1 Å². The molecule has 2 N–H and O–H groups in total. The van der Waals surface area contributed by atoms with Crippen LogP contribution in [0.25, 0.3) is 11.0 Å². The summed E-state index contributed by atoms with van der Waals surface area (Å²) in [5, 5.41) is 3.81. The van der Waals surface area contributed by atoms with Gasteiger partial charge in [0.2, 0.25) is 0 Å². The Kier molecular flexibility index (Phi) is 3.77. The van der Waals surface area contributed by atoms with E-state index in [-0.39, 0.29) is 5.91 Å². The highest BCUT2D eigenvalue weighted by Gasteiger charge is 2.43. The van der Waals surface area contributed by atoms with Crippen LogP contribution in [0.15, 0.2) is 48.9 Å². The number of aromatic nitrogens is 3. The van der Waals surface area contributed by atoms with E-state index in [9.17, 15) is 4.79 Å². The van der Waals surface area contributed by atoms with Gasteiger partial charge in [-0.3, -0.25) is 4.79 Å². The second-order valence-electron chi connectivity index (χ2n) is 4.35. The lowest BCUT2D eigenvalue weighted by atomic mass is 10.2. The average Bonchev–Trinajstić information content (AvgIpc) is 3.04. The monoisotopic (exact) mass is 408 g/mol. The van der Waals surface area contributed by atoms with Gasteiger partial charge in [0, 0.05) is 29.5 Å². The molecule has 0 saturated carbocycles. The van der Waals surface area contributed by atoms with E-state index in [0.29, 0.717) is 5.82 Å². The van der Waals surface area contributed by atoms with Gasteiger partial charge in [-0.25, -0.2) is 9.97 Å². The molecule has 1 amide bonds. The highest BCUT2D eigenvalue weighted by molar-refractivity contribution is 9.25. The van der Waals surface area contributed by atoms with E-state index >= 15 is 0 Å². The molecule has 7 heteroatoms. The van der Waals surface area contributed by atoms with Crippen molar-refractivity contribution in [3.8, 4) is 0 Å². The van der Waals surface area contributed by atoms with Gasteiger partial charge >= 0.3 is 0 Å². The van der Waals surface area contributed by atoms with Gasteiger partial charge in [0.25, 0.3) is 5.91 Å². The quantitative estimate of drug-likeness (QED) is 0.558. The molecule has 5 nitrogen and oxygen atoms in total. The number of amides is 1. The molecule has 0 aromatic carbocycles. The molecule has 0 aliphatic carbocycles. The number of nitrogens with zero attached hydrogens (tertiary/aromatic N) is 2. The summed E-state index contributed by atoms with van der Waals surface area (Å²) in [6.45, 7) is 0. The topological polar surface area (TPSA) is 70.7 Å². The van der Waals surface area contributed by atoms with E-state index in [1.807, 2.05) is 30.5 Å². The van der Waals surface area contributed by atoms with E-state index in [0.717, 1.165) is 16.6 Å². The summed E-state index contributed by atoms with van der Waals surface area (Å²) in [5.41, 5.74) is 1.77. The number of fused-ring (bicyclic) bond motifs is 2. The highest BCUT2D eigenvalue weighted by atomic mass is 79.9. The third-order valence-corrected chi connectivity index (χ3v) is 4.56. The third kappa shape index (κ3) is 2.71. The lowest BCUT2D eigenvalue weighted by Crippen LogP contribution is -2.20. The number of halogens is 2. The fourth-order valence-electron chi connectivity index (χ4n) is 1.95. The summed E-state index contributed by atoms with van der Waals surface area (Å²) in [7, 11) is 0. The fraction of sp³-hybridized carbons (Fsp3) is 0.0714. The number of aromatic amines is 1. The Morgan fingerprint density at radius 2 is 1.81 bits per heavy atom. The zero-order chi connectivity index (χ0) is 14.9. The molecule has 0 radical (unpaired) electrons. The minimum absolute atomic E-state index is 0.142. The Morgan fingerprint density at radius 1 is 1.05 bits per heavy atom. The number of anilines is 1. The van der Waals surface area contributed by atoms with Crippen LogP contribution in [0, 0.1) is 0 Å². The molecule has 0 atom stereocenters. The van der Waals surface area contributed by atoms with Crippen LogP contribution in [0.4, 0.5) is 5.82 Å². The lowest BCUT2D eigenvalue weighted by Gasteiger charge is -2.08. The normalized spacial score (nSPS) is 15.0. The molecule has 106 valence electrons. The molecule has 0 spiro atoms. The lowest BCUT2D eigenvalue weighted by molar-refractivity contribution is -0.115. The first-order valence-electron chi connectivity index (χ1n) is 6.12. The maximum atomic E-state index is 11.3. The Labute approximate surface area is 137 Å². The standard InChI is InChI=1S/C7H4Br2N2O.C7H6N2/c8-7(9)4-2-1-3-10-5(4)11-6(7)12;1-2-6-3-5-9-7(6)8-4-1/h1-3H,(H,10,11,12);1-5H,(H,8,9). The van der Waals surface area contributed by atoms with E-state index in [1.54, 1.807) is 18.5 Å². The number of carbonyl (C=O) groups excluding carboxylic acids is 1. The van der Waals surface area contributed by atoms with E-state index in [1.165, 1.54) is 0 Å². The molecule has 4 rings (SSSR count). The van der Waals surface area contributed by atoms with Crippen LogP contribution >= 0.6 is 31.9 Å². The van der Waals surface area contributed by atoms with Gasteiger partial charge in [0.05, 0.1) is 0 Å². The van der Waals surface area contributed by atoms with Crippen molar-refractivity contribution in [2.24, 2.45) is 0 Å². The van der Waals surface area contributed by atoms with Crippen molar-refractivity contribution in [2.75, 3.05) is 5.32 Å². The maximum absolute atomic E-state index is 11.3. The molecule has 3 aromatic rings. The summed E-state index contributed by atoms with van der Waals surface area (Å²) in [4.78, 5) is 22.4. The molecular formula is C14H10Br2N4O. The van der Waals surface area contributed by atoms with Gasteiger partial charge in [-0.05, 0) is 24.3 Å². The Hall–Kier alpha value is -1.73. The van der Waals surface area contributed by atoms with Crippen LogP contribution in [-0.2, 0) is 8.03 Å². The van der Waals surface area contributed by atoms with E-state index < -0.39 is 3.23 Å². The van der Waals surface area contributed by atoms with Crippen molar-refractivity contribution in [1.29, 1.82) is 0 Å². The molecule has 4 heterocycles. The van der Waals surface area contributed by atoms with Crippen molar-refractivity contribution in [3.63, 3.8) is 0 Å². The molecule has 0 unspecified atom stereocenters. The van der Waals surface area contributed by atoms with Crippen LogP contribution in [0.2, 0.25) is 0 Å².